The van der Waals surface area contributed by atoms with E-state index in [9.17, 15) is 18.0 Å². The molecule has 19 heavy (non-hydrogen) atoms. The lowest BCUT2D eigenvalue weighted by Crippen LogP contribution is -2.05. The number of nitriles is 1. The van der Waals surface area contributed by atoms with Crippen LogP contribution in [0, 0.1) is 23.2 Å². The van der Waals surface area contributed by atoms with Crippen molar-refractivity contribution in [1.82, 2.24) is 0 Å². The molecule has 0 atom stereocenters. The van der Waals surface area contributed by atoms with Crippen LogP contribution in [-0.4, -0.2) is 12.6 Å². The van der Waals surface area contributed by atoms with Gasteiger partial charge in [0.15, 0.2) is 0 Å². The number of halogens is 3. The van der Waals surface area contributed by atoms with Crippen molar-refractivity contribution in [1.29, 1.82) is 5.26 Å². The number of hydrogen-bond acceptors (Lipinski definition) is 3. The molecule has 3 nitrogen and oxygen atoms in total. The summed E-state index contributed by atoms with van der Waals surface area (Å²) in [4.78, 5) is 11.0. The van der Waals surface area contributed by atoms with Crippen LogP contribution in [0.4, 0.5) is 13.2 Å². The Morgan fingerprint density at radius 2 is 2.05 bits per heavy atom. The minimum Gasteiger partial charge on any atom is -0.456 e. The molecule has 0 saturated carbocycles. The monoisotopic (exact) mass is 267 g/mol. The molecule has 98 valence electrons. The Hall–Kier alpha value is -2.47. The molecule has 0 aliphatic rings. The van der Waals surface area contributed by atoms with Crippen LogP contribution < -0.4 is 0 Å². The number of carbonyl (C=O) groups is 1. The van der Waals surface area contributed by atoms with E-state index in [4.69, 9.17) is 5.26 Å². The number of alkyl halides is 3. The van der Waals surface area contributed by atoms with E-state index in [1.54, 1.807) is 13.0 Å². The number of ether oxygens (including phenoxy) is 1. The summed E-state index contributed by atoms with van der Waals surface area (Å²) in [6.45, 7) is 1.69. The van der Waals surface area contributed by atoms with Crippen LogP contribution in [0.1, 0.15) is 23.6 Å². The summed E-state index contributed by atoms with van der Waals surface area (Å²) in [7, 11) is 0. The second-order valence-corrected chi connectivity index (χ2v) is 3.34. The van der Waals surface area contributed by atoms with Crippen LogP contribution >= 0.6 is 0 Å². The lowest BCUT2D eigenvalue weighted by atomic mass is 10.0. The predicted octanol–water partition coefficient (Wildman–Crippen LogP) is 2.49. The van der Waals surface area contributed by atoms with Crippen LogP contribution in [0.5, 0.6) is 0 Å². The van der Waals surface area contributed by atoms with E-state index >= 15 is 0 Å². The fraction of sp³-hybridized carbons (Fsp3) is 0.231. The molecular weight excluding hydrogens is 259 g/mol. The van der Waals surface area contributed by atoms with Crippen LogP contribution in [0.15, 0.2) is 18.2 Å². The fourth-order valence-electron chi connectivity index (χ4n) is 1.21. The fourth-order valence-corrected chi connectivity index (χ4v) is 1.21. The minimum absolute atomic E-state index is 0.0372. The maximum Gasteiger partial charge on any atom is 0.416 e. The molecule has 0 aliphatic heterocycles. The van der Waals surface area contributed by atoms with Crippen molar-refractivity contribution in [2.75, 3.05) is 6.61 Å². The number of esters is 1. The molecule has 0 fully saturated rings. The first-order chi connectivity index (χ1) is 8.88. The van der Waals surface area contributed by atoms with Gasteiger partial charge in [0.2, 0.25) is 0 Å². The van der Waals surface area contributed by atoms with Gasteiger partial charge >= 0.3 is 12.1 Å². The predicted molar refractivity (Wildman–Crippen MR) is 59.7 cm³/mol. The molecule has 0 saturated heterocycles. The van der Waals surface area contributed by atoms with Crippen molar-refractivity contribution >= 4 is 5.97 Å². The average molecular weight is 267 g/mol. The first-order valence-electron chi connectivity index (χ1n) is 5.18. The van der Waals surface area contributed by atoms with E-state index in [-0.39, 0.29) is 17.7 Å². The van der Waals surface area contributed by atoms with E-state index in [0.717, 1.165) is 18.2 Å². The topological polar surface area (TPSA) is 50.1 Å². The number of benzene rings is 1. The van der Waals surface area contributed by atoms with Crippen molar-refractivity contribution in [2.45, 2.75) is 13.1 Å². The van der Waals surface area contributed by atoms with E-state index in [2.05, 4.69) is 10.7 Å². The smallest absolute Gasteiger partial charge is 0.416 e. The van der Waals surface area contributed by atoms with Crippen LogP contribution in [0.3, 0.4) is 0 Å². The molecule has 0 bridgehead atoms. The maximum atomic E-state index is 12.5. The number of carbonyl (C=O) groups excluding carboxylic acids is 1. The molecule has 0 unspecified atom stereocenters. The summed E-state index contributed by atoms with van der Waals surface area (Å²) in [5.41, 5.74) is -1.13. The molecule has 6 heteroatoms. The lowest BCUT2D eigenvalue weighted by molar-refractivity contribution is -0.138. The Labute approximate surface area is 107 Å². The van der Waals surface area contributed by atoms with Gasteiger partial charge in [-0.15, -0.1) is 0 Å². The molecule has 1 aromatic carbocycles. The normalized spacial score (nSPS) is 10.1. The van der Waals surface area contributed by atoms with E-state index in [1.165, 1.54) is 0 Å². The van der Waals surface area contributed by atoms with Crippen LogP contribution in [0.25, 0.3) is 0 Å². The molecule has 0 N–H and O–H groups in total. The van der Waals surface area contributed by atoms with Gasteiger partial charge in [0, 0.05) is 11.5 Å². The summed E-state index contributed by atoms with van der Waals surface area (Å²) >= 11 is 0. The van der Waals surface area contributed by atoms with Crippen molar-refractivity contribution in [3.63, 3.8) is 0 Å². The standard InChI is InChI=1S/C13H8F3NO2/c1-2-19-12(18)6-4-9-7-11(13(14,15)16)5-3-10(9)8-17/h3,5,7H,2H2,1H3. The first kappa shape index (κ1) is 14.6. The highest BCUT2D eigenvalue weighted by atomic mass is 19.4. The van der Waals surface area contributed by atoms with E-state index in [0.29, 0.717) is 0 Å². The number of rotatable bonds is 1. The molecule has 1 rings (SSSR count). The zero-order chi connectivity index (χ0) is 14.5. The van der Waals surface area contributed by atoms with Crippen molar-refractivity contribution in [2.24, 2.45) is 0 Å². The minimum atomic E-state index is -4.53. The molecule has 0 amide bonds. The lowest BCUT2D eigenvalue weighted by Gasteiger charge is -2.07. The number of nitrogens with zero attached hydrogens (tertiary/aromatic N) is 1. The highest BCUT2D eigenvalue weighted by Crippen LogP contribution is 2.30. The second kappa shape index (κ2) is 5.92. The van der Waals surface area contributed by atoms with Gasteiger partial charge in [0.05, 0.1) is 17.7 Å². The van der Waals surface area contributed by atoms with Crippen molar-refractivity contribution in [3.8, 4) is 17.9 Å². The third-order valence-corrected chi connectivity index (χ3v) is 2.04. The first-order valence-corrected chi connectivity index (χ1v) is 5.18. The summed E-state index contributed by atoms with van der Waals surface area (Å²) < 4.78 is 42.0. The molecule has 0 spiro atoms. The van der Waals surface area contributed by atoms with Crippen molar-refractivity contribution in [3.05, 3.63) is 34.9 Å². The Bertz CT molecular complexity index is 589. The summed E-state index contributed by atoms with van der Waals surface area (Å²) in [5.74, 6) is 3.38. The highest BCUT2D eigenvalue weighted by Gasteiger charge is 2.30. The molecule has 0 radical (unpaired) electrons. The molecule has 0 aromatic heterocycles. The third-order valence-electron chi connectivity index (χ3n) is 2.04. The largest absolute Gasteiger partial charge is 0.456 e. The van der Waals surface area contributed by atoms with Crippen LogP contribution in [0.2, 0.25) is 0 Å². The number of hydrogen-bond donors (Lipinski definition) is 0. The second-order valence-electron chi connectivity index (χ2n) is 3.34. The van der Waals surface area contributed by atoms with Gasteiger partial charge < -0.3 is 4.74 Å². The zero-order valence-electron chi connectivity index (χ0n) is 9.84. The average Bonchev–Trinajstić information content (AvgIpc) is 2.35. The maximum absolute atomic E-state index is 12.5. The van der Waals surface area contributed by atoms with E-state index in [1.807, 2.05) is 5.92 Å². The van der Waals surface area contributed by atoms with Gasteiger partial charge in [-0.05, 0) is 25.1 Å². The van der Waals surface area contributed by atoms with Gasteiger partial charge in [-0.25, -0.2) is 4.79 Å². The summed E-state index contributed by atoms with van der Waals surface area (Å²) in [6, 6.07) is 4.23. The Morgan fingerprint density at radius 3 is 2.58 bits per heavy atom. The quantitative estimate of drug-likeness (QED) is 0.580. The molecule has 1 aromatic rings. The summed E-state index contributed by atoms with van der Waals surface area (Å²) in [5, 5.41) is 8.77. The van der Waals surface area contributed by atoms with Gasteiger partial charge in [-0.1, -0.05) is 5.92 Å². The Balaban J connectivity index is 3.18. The van der Waals surface area contributed by atoms with Crippen molar-refractivity contribution < 1.29 is 22.7 Å². The molecule has 0 heterocycles. The third kappa shape index (κ3) is 4.04. The van der Waals surface area contributed by atoms with Crippen LogP contribution in [-0.2, 0) is 15.7 Å². The summed E-state index contributed by atoms with van der Waals surface area (Å²) in [6.07, 6.45) is -4.53. The Morgan fingerprint density at radius 1 is 1.37 bits per heavy atom. The molecule has 0 aliphatic carbocycles. The SMILES string of the molecule is CCOC(=O)C#Cc1cc(C(F)(F)F)ccc1C#N. The van der Waals surface area contributed by atoms with E-state index < -0.39 is 17.7 Å². The van der Waals surface area contributed by atoms with Gasteiger partial charge in [0.1, 0.15) is 6.07 Å². The Kier molecular flexibility index (Phi) is 4.55. The van der Waals surface area contributed by atoms with Gasteiger partial charge in [-0.3, -0.25) is 0 Å². The zero-order valence-corrected chi connectivity index (χ0v) is 9.84. The van der Waals surface area contributed by atoms with Gasteiger partial charge in [0.25, 0.3) is 0 Å². The highest BCUT2D eigenvalue weighted by molar-refractivity contribution is 5.89. The molecular formula is C13H8F3NO2. The van der Waals surface area contributed by atoms with Gasteiger partial charge in [-0.2, -0.15) is 18.4 Å².